The van der Waals surface area contributed by atoms with Gasteiger partial charge in [0.1, 0.15) is 12.2 Å². The molecule has 0 aliphatic heterocycles. The van der Waals surface area contributed by atoms with Gasteiger partial charge in [-0.3, -0.25) is 0 Å². The number of ether oxygens (including phenoxy) is 2. The van der Waals surface area contributed by atoms with Crippen LogP contribution in [0.2, 0.25) is 0 Å². The van der Waals surface area contributed by atoms with Gasteiger partial charge in [-0.2, -0.15) is 0 Å². The van der Waals surface area contributed by atoms with Crippen LogP contribution in [0.25, 0.3) is 0 Å². The maximum absolute atomic E-state index is 11.4. The highest BCUT2D eigenvalue weighted by Crippen LogP contribution is 2.09. The number of rotatable bonds is 8. The van der Waals surface area contributed by atoms with E-state index in [-0.39, 0.29) is 18.8 Å². The van der Waals surface area contributed by atoms with Crippen LogP contribution in [0.1, 0.15) is 16.1 Å². The van der Waals surface area contributed by atoms with Gasteiger partial charge in [-0.25, -0.2) is 9.48 Å². The van der Waals surface area contributed by atoms with Crippen LogP contribution in [0.3, 0.4) is 0 Å². The summed E-state index contributed by atoms with van der Waals surface area (Å²) in [6, 6.07) is 9.46. The first kappa shape index (κ1) is 17.1. The van der Waals surface area contributed by atoms with E-state index in [2.05, 4.69) is 15.0 Å². The number of hydrogen-bond donors (Lipinski definition) is 2. The smallest absolute Gasteiger partial charge is 0.360 e. The first-order valence-electron chi connectivity index (χ1n) is 7.07. The van der Waals surface area contributed by atoms with Crippen LogP contribution in [-0.2, 0) is 22.6 Å². The van der Waals surface area contributed by atoms with Gasteiger partial charge in [0.25, 0.3) is 0 Å². The van der Waals surface area contributed by atoms with Crippen molar-refractivity contribution in [1.29, 1.82) is 0 Å². The summed E-state index contributed by atoms with van der Waals surface area (Å²) in [6.45, 7) is -0.0301. The summed E-state index contributed by atoms with van der Waals surface area (Å²) in [5.74, 6) is -0.597. The lowest BCUT2D eigenvalue weighted by atomic mass is 10.2. The van der Waals surface area contributed by atoms with Crippen molar-refractivity contribution in [1.82, 2.24) is 15.0 Å². The van der Waals surface area contributed by atoms with Crippen molar-refractivity contribution in [3.05, 3.63) is 47.8 Å². The van der Waals surface area contributed by atoms with Crippen molar-refractivity contribution < 1.29 is 24.5 Å². The Morgan fingerprint density at radius 3 is 2.74 bits per heavy atom. The van der Waals surface area contributed by atoms with Crippen LogP contribution in [0.5, 0.6) is 0 Å². The zero-order valence-corrected chi connectivity index (χ0v) is 12.7. The Morgan fingerprint density at radius 2 is 2.09 bits per heavy atom. The van der Waals surface area contributed by atoms with E-state index in [1.165, 1.54) is 18.0 Å². The SMILES string of the molecule is COC(=O)c1cn(C[C@H](OCc2ccccc2)[C@@H](O)CO)nn1. The molecule has 8 nitrogen and oxygen atoms in total. The number of esters is 1. The van der Waals surface area contributed by atoms with Crippen molar-refractivity contribution >= 4 is 5.97 Å². The first-order valence-corrected chi connectivity index (χ1v) is 7.07. The predicted molar refractivity (Wildman–Crippen MR) is 79.5 cm³/mol. The molecule has 0 saturated carbocycles. The average molecular weight is 321 g/mol. The van der Waals surface area contributed by atoms with E-state index in [0.29, 0.717) is 0 Å². The quantitative estimate of drug-likeness (QED) is 0.659. The molecule has 124 valence electrons. The molecule has 8 heteroatoms. The van der Waals surface area contributed by atoms with Crippen LogP contribution >= 0.6 is 0 Å². The lowest BCUT2D eigenvalue weighted by Crippen LogP contribution is -2.36. The van der Waals surface area contributed by atoms with E-state index in [1.807, 2.05) is 30.3 Å². The zero-order valence-electron chi connectivity index (χ0n) is 12.7. The molecule has 0 fully saturated rings. The maximum Gasteiger partial charge on any atom is 0.360 e. The number of benzene rings is 1. The van der Waals surface area contributed by atoms with E-state index in [0.717, 1.165) is 5.56 Å². The predicted octanol–water partition coefficient (Wildman–Crippen LogP) is 0.00330. The molecule has 1 aromatic carbocycles. The highest BCUT2D eigenvalue weighted by molar-refractivity contribution is 5.86. The highest BCUT2D eigenvalue weighted by Gasteiger charge is 2.21. The Bertz CT molecular complexity index is 617. The normalized spacial score (nSPS) is 13.5. The summed E-state index contributed by atoms with van der Waals surface area (Å²) in [4.78, 5) is 11.4. The Morgan fingerprint density at radius 1 is 1.35 bits per heavy atom. The van der Waals surface area contributed by atoms with Crippen LogP contribution in [0, 0.1) is 0 Å². The van der Waals surface area contributed by atoms with E-state index in [4.69, 9.17) is 9.84 Å². The Labute approximate surface area is 133 Å². The monoisotopic (exact) mass is 321 g/mol. The number of methoxy groups -OCH3 is 1. The molecule has 2 N–H and O–H groups in total. The number of nitrogens with zero attached hydrogens (tertiary/aromatic N) is 3. The molecule has 0 bridgehead atoms. The molecule has 23 heavy (non-hydrogen) atoms. The fourth-order valence-corrected chi connectivity index (χ4v) is 1.95. The van der Waals surface area contributed by atoms with Gasteiger partial charge >= 0.3 is 5.97 Å². The number of aromatic nitrogens is 3. The van der Waals surface area contributed by atoms with E-state index in [9.17, 15) is 9.90 Å². The number of aliphatic hydroxyl groups excluding tert-OH is 2. The lowest BCUT2D eigenvalue weighted by molar-refractivity contribution is -0.0734. The molecule has 0 aliphatic rings. The molecule has 0 aliphatic carbocycles. The molecular formula is C15H19N3O5. The third-order valence-electron chi connectivity index (χ3n) is 3.22. The van der Waals surface area contributed by atoms with Crippen molar-refractivity contribution in [3.63, 3.8) is 0 Å². The standard InChI is InChI=1S/C15H19N3O5/c1-22-15(21)12-7-18(17-16-12)8-14(13(20)9-19)23-10-11-5-3-2-4-6-11/h2-7,13-14,19-20H,8-10H2,1H3/t13-,14-/m0/s1. The van der Waals surface area contributed by atoms with Gasteiger partial charge < -0.3 is 19.7 Å². The first-order chi connectivity index (χ1) is 11.1. The zero-order chi connectivity index (χ0) is 16.7. The molecule has 0 saturated heterocycles. The van der Waals surface area contributed by atoms with Crippen LogP contribution in [-0.4, -0.2) is 57.1 Å². The summed E-state index contributed by atoms with van der Waals surface area (Å²) in [6.07, 6.45) is -0.383. The number of aliphatic hydroxyl groups is 2. The second kappa shape index (κ2) is 8.37. The van der Waals surface area contributed by atoms with E-state index >= 15 is 0 Å². The summed E-state index contributed by atoms with van der Waals surface area (Å²) in [5.41, 5.74) is 1.00. The van der Waals surface area contributed by atoms with Gasteiger partial charge in [-0.1, -0.05) is 35.5 Å². The molecule has 0 spiro atoms. The largest absolute Gasteiger partial charge is 0.464 e. The van der Waals surface area contributed by atoms with E-state index in [1.54, 1.807) is 0 Å². The third-order valence-corrected chi connectivity index (χ3v) is 3.22. The molecule has 2 rings (SSSR count). The Balaban J connectivity index is 2.00. The van der Waals surface area contributed by atoms with Gasteiger partial charge in [0.05, 0.1) is 33.1 Å². The number of hydrogen-bond acceptors (Lipinski definition) is 7. The summed E-state index contributed by atoms with van der Waals surface area (Å²) < 4.78 is 11.6. The highest BCUT2D eigenvalue weighted by atomic mass is 16.5. The van der Waals surface area contributed by atoms with Gasteiger partial charge in [-0.05, 0) is 5.56 Å². The van der Waals surface area contributed by atoms with Crippen molar-refractivity contribution in [2.45, 2.75) is 25.4 Å². The van der Waals surface area contributed by atoms with Crippen molar-refractivity contribution in [2.75, 3.05) is 13.7 Å². The average Bonchev–Trinajstić information content (AvgIpc) is 3.06. The molecule has 2 atom stereocenters. The van der Waals surface area contributed by atoms with Gasteiger partial charge in [0.15, 0.2) is 5.69 Å². The van der Waals surface area contributed by atoms with Crippen LogP contribution in [0.4, 0.5) is 0 Å². The van der Waals surface area contributed by atoms with Crippen LogP contribution in [0.15, 0.2) is 36.5 Å². The van der Waals surface area contributed by atoms with Gasteiger partial charge in [-0.15, -0.1) is 5.10 Å². The third kappa shape index (κ3) is 4.85. The fourth-order valence-electron chi connectivity index (χ4n) is 1.95. The minimum atomic E-state index is -1.08. The molecule has 0 unspecified atom stereocenters. The molecular weight excluding hydrogens is 302 g/mol. The van der Waals surface area contributed by atoms with Crippen molar-refractivity contribution in [3.8, 4) is 0 Å². The Hall–Kier alpha value is -2.29. The topological polar surface area (TPSA) is 107 Å². The second-order valence-corrected chi connectivity index (χ2v) is 4.90. The van der Waals surface area contributed by atoms with Crippen molar-refractivity contribution in [2.24, 2.45) is 0 Å². The molecule has 1 aromatic heterocycles. The summed E-state index contributed by atoms with van der Waals surface area (Å²) in [5, 5.41) is 26.5. The van der Waals surface area contributed by atoms with Gasteiger partial charge in [0.2, 0.25) is 0 Å². The minimum Gasteiger partial charge on any atom is -0.464 e. The van der Waals surface area contributed by atoms with Crippen LogP contribution < -0.4 is 0 Å². The molecule has 2 aromatic rings. The molecule has 1 heterocycles. The lowest BCUT2D eigenvalue weighted by Gasteiger charge is -2.21. The summed E-state index contributed by atoms with van der Waals surface area (Å²) >= 11 is 0. The van der Waals surface area contributed by atoms with Gasteiger partial charge in [0, 0.05) is 0 Å². The minimum absolute atomic E-state index is 0.0628. The second-order valence-electron chi connectivity index (χ2n) is 4.90. The number of carbonyl (C=O) groups excluding carboxylic acids is 1. The molecule has 0 radical (unpaired) electrons. The molecule has 0 amide bonds. The summed E-state index contributed by atoms with van der Waals surface area (Å²) in [7, 11) is 1.25. The number of carbonyl (C=O) groups is 1. The Kier molecular flexibility index (Phi) is 6.21. The fraction of sp³-hybridized carbons (Fsp3) is 0.400. The van der Waals surface area contributed by atoms with E-state index < -0.39 is 24.8 Å². The maximum atomic E-state index is 11.4.